The van der Waals surface area contributed by atoms with Crippen LogP contribution >= 0.6 is 11.8 Å². The predicted molar refractivity (Wildman–Crippen MR) is 123 cm³/mol. The molecule has 0 saturated carbocycles. The van der Waals surface area contributed by atoms with Crippen LogP contribution in [0.5, 0.6) is 11.5 Å². The van der Waals surface area contributed by atoms with Crippen molar-refractivity contribution in [3.63, 3.8) is 0 Å². The number of anilines is 1. The highest BCUT2D eigenvalue weighted by Gasteiger charge is 2.36. The molecule has 0 aliphatic carbocycles. The van der Waals surface area contributed by atoms with Crippen molar-refractivity contribution in [2.24, 2.45) is 0 Å². The number of hydrogen-bond acceptors (Lipinski definition) is 8. The van der Waals surface area contributed by atoms with Gasteiger partial charge in [0, 0.05) is 11.3 Å². The van der Waals surface area contributed by atoms with Crippen LogP contribution in [-0.2, 0) is 19.1 Å². The molecule has 10 heteroatoms. The minimum absolute atomic E-state index is 0.143. The van der Waals surface area contributed by atoms with Crippen LogP contribution in [0.3, 0.4) is 0 Å². The van der Waals surface area contributed by atoms with Crippen LogP contribution in [0.2, 0.25) is 0 Å². The van der Waals surface area contributed by atoms with Crippen molar-refractivity contribution in [1.29, 1.82) is 0 Å². The van der Waals surface area contributed by atoms with Crippen LogP contribution in [0.1, 0.15) is 12.5 Å². The Kier molecular flexibility index (Phi) is 8.09. The lowest BCUT2D eigenvalue weighted by molar-refractivity contribution is -0.145. The number of carbonyl (C=O) groups is 4. The highest BCUT2D eigenvalue weighted by molar-refractivity contribution is 8.18. The lowest BCUT2D eigenvalue weighted by atomic mass is 10.2. The molecule has 1 saturated heterocycles. The second kappa shape index (κ2) is 11.2. The Morgan fingerprint density at radius 2 is 1.82 bits per heavy atom. The Morgan fingerprint density at radius 3 is 2.52 bits per heavy atom. The first-order valence-corrected chi connectivity index (χ1v) is 10.8. The maximum Gasteiger partial charge on any atom is 0.344 e. The molecule has 3 amide bonds. The molecule has 1 heterocycles. The van der Waals surface area contributed by atoms with Crippen molar-refractivity contribution >= 4 is 46.5 Å². The molecule has 33 heavy (non-hydrogen) atoms. The van der Waals surface area contributed by atoms with Crippen LogP contribution < -0.4 is 14.8 Å². The zero-order valence-electron chi connectivity index (χ0n) is 18.0. The average molecular weight is 471 g/mol. The minimum Gasteiger partial charge on any atom is -0.497 e. The summed E-state index contributed by atoms with van der Waals surface area (Å²) in [6.45, 7) is 1.23. The van der Waals surface area contributed by atoms with E-state index >= 15 is 0 Å². The van der Waals surface area contributed by atoms with E-state index in [1.165, 1.54) is 13.2 Å². The number of benzene rings is 2. The maximum absolute atomic E-state index is 12.8. The van der Waals surface area contributed by atoms with E-state index in [1.54, 1.807) is 55.5 Å². The third-order valence-corrected chi connectivity index (χ3v) is 5.31. The molecule has 0 aromatic heterocycles. The van der Waals surface area contributed by atoms with Gasteiger partial charge >= 0.3 is 5.97 Å². The standard InChI is InChI=1S/C23H22N2O7S/c1-3-31-21(27)14-32-18-7-5-4-6-15(18)12-19-22(28)25(23(29)33-19)13-20(26)24-16-8-10-17(30-2)11-9-16/h4-12H,3,13-14H2,1-2H3,(H,24,26)/b19-12+. The van der Waals surface area contributed by atoms with Crippen LogP contribution in [0, 0.1) is 0 Å². The van der Waals surface area contributed by atoms with Crippen molar-refractivity contribution in [2.45, 2.75) is 6.92 Å². The second-order valence-electron chi connectivity index (χ2n) is 6.68. The lowest BCUT2D eigenvalue weighted by Gasteiger charge is -2.12. The molecule has 2 aromatic rings. The van der Waals surface area contributed by atoms with Gasteiger partial charge in [-0.15, -0.1) is 0 Å². The summed E-state index contributed by atoms with van der Waals surface area (Å²) >= 11 is 0.726. The van der Waals surface area contributed by atoms with Crippen molar-refractivity contribution in [2.75, 3.05) is 32.2 Å². The van der Waals surface area contributed by atoms with Crippen molar-refractivity contribution in [3.05, 3.63) is 59.0 Å². The number of esters is 1. The normalized spacial score (nSPS) is 14.4. The number of amides is 3. The molecule has 0 radical (unpaired) electrons. The zero-order chi connectivity index (χ0) is 23.8. The van der Waals surface area contributed by atoms with Crippen molar-refractivity contribution in [1.82, 2.24) is 4.90 Å². The fourth-order valence-electron chi connectivity index (χ4n) is 2.87. The van der Waals surface area contributed by atoms with Crippen LogP contribution in [0.25, 0.3) is 6.08 Å². The van der Waals surface area contributed by atoms with Gasteiger partial charge in [-0.2, -0.15) is 0 Å². The highest BCUT2D eigenvalue weighted by Crippen LogP contribution is 2.34. The van der Waals surface area contributed by atoms with Gasteiger partial charge in [-0.05, 0) is 55.1 Å². The Labute approximate surface area is 194 Å². The average Bonchev–Trinajstić information content (AvgIpc) is 3.06. The van der Waals surface area contributed by atoms with Gasteiger partial charge in [-0.25, -0.2) is 4.79 Å². The van der Waals surface area contributed by atoms with E-state index in [9.17, 15) is 19.2 Å². The summed E-state index contributed by atoms with van der Waals surface area (Å²) in [4.78, 5) is 50.1. The summed E-state index contributed by atoms with van der Waals surface area (Å²) in [5, 5.41) is 2.08. The molecule has 0 atom stereocenters. The van der Waals surface area contributed by atoms with Gasteiger partial charge in [-0.3, -0.25) is 19.3 Å². The number of ether oxygens (including phenoxy) is 3. The third kappa shape index (κ3) is 6.36. The Balaban J connectivity index is 1.67. The van der Waals surface area contributed by atoms with E-state index in [0.717, 1.165) is 16.7 Å². The van der Waals surface area contributed by atoms with Gasteiger partial charge in [0.05, 0.1) is 18.6 Å². The molecule has 2 aromatic carbocycles. The molecule has 9 nitrogen and oxygen atoms in total. The summed E-state index contributed by atoms with van der Waals surface area (Å²) < 4.78 is 15.4. The van der Waals surface area contributed by atoms with Gasteiger partial charge in [0.1, 0.15) is 18.0 Å². The van der Waals surface area contributed by atoms with E-state index in [4.69, 9.17) is 14.2 Å². The number of para-hydroxylation sites is 1. The second-order valence-corrected chi connectivity index (χ2v) is 7.67. The number of methoxy groups -OCH3 is 1. The van der Waals surface area contributed by atoms with Crippen LogP contribution in [-0.4, -0.2) is 54.8 Å². The van der Waals surface area contributed by atoms with Gasteiger partial charge < -0.3 is 19.5 Å². The summed E-state index contributed by atoms with van der Waals surface area (Å²) in [5.41, 5.74) is 1.02. The van der Waals surface area contributed by atoms with E-state index in [0.29, 0.717) is 22.7 Å². The van der Waals surface area contributed by atoms with Crippen molar-refractivity contribution < 1.29 is 33.4 Å². The molecule has 1 N–H and O–H groups in total. The molecule has 1 aliphatic heterocycles. The quantitative estimate of drug-likeness (QED) is 0.439. The topological polar surface area (TPSA) is 111 Å². The fourth-order valence-corrected chi connectivity index (χ4v) is 3.70. The summed E-state index contributed by atoms with van der Waals surface area (Å²) in [6.07, 6.45) is 1.49. The molecule has 0 unspecified atom stereocenters. The zero-order valence-corrected chi connectivity index (χ0v) is 18.8. The number of thioether (sulfide) groups is 1. The molecular formula is C23H22N2O7S. The number of hydrogen-bond donors (Lipinski definition) is 1. The van der Waals surface area contributed by atoms with Crippen LogP contribution in [0.4, 0.5) is 10.5 Å². The molecule has 1 fully saturated rings. The Bertz CT molecular complexity index is 1080. The largest absolute Gasteiger partial charge is 0.497 e. The minimum atomic E-state index is -0.588. The number of nitrogens with one attached hydrogen (secondary N) is 1. The molecule has 1 aliphatic rings. The van der Waals surface area contributed by atoms with Gasteiger partial charge in [-0.1, -0.05) is 18.2 Å². The predicted octanol–water partition coefficient (Wildman–Crippen LogP) is 3.31. The Morgan fingerprint density at radius 1 is 1.09 bits per heavy atom. The lowest BCUT2D eigenvalue weighted by Crippen LogP contribution is -2.36. The number of carbonyl (C=O) groups excluding carboxylic acids is 4. The van der Waals surface area contributed by atoms with E-state index < -0.39 is 29.6 Å². The SMILES string of the molecule is CCOC(=O)COc1ccccc1/C=C1/SC(=O)N(CC(=O)Nc2ccc(OC)cc2)C1=O. The molecular weight excluding hydrogens is 448 g/mol. The number of rotatable bonds is 9. The summed E-state index contributed by atoms with van der Waals surface area (Å²) in [6, 6.07) is 13.4. The van der Waals surface area contributed by atoms with Gasteiger partial charge in [0.2, 0.25) is 5.91 Å². The summed E-state index contributed by atoms with van der Waals surface area (Å²) in [7, 11) is 1.53. The Hall–Kier alpha value is -3.79. The van der Waals surface area contributed by atoms with Crippen molar-refractivity contribution in [3.8, 4) is 11.5 Å². The van der Waals surface area contributed by atoms with Gasteiger partial charge in [0.15, 0.2) is 6.61 Å². The number of nitrogens with zero attached hydrogens (tertiary/aromatic N) is 1. The summed E-state index contributed by atoms with van der Waals surface area (Å²) in [5.74, 6) is -0.627. The third-order valence-electron chi connectivity index (χ3n) is 4.41. The maximum atomic E-state index is 12.8. The number of imide groups is 1. The monoisotopic (exact) mass is 470 g/mol. The molecule has 172 valence electrons. The van der Waals surface area contributed by atoms with E-state index in [2.05, 4.69) is 5.32 Å². The molecule has 0 bridgehead atoms. The molecule has 3 rings (SSSR count). The van der Waals surface area contributed by atoms with E-state index in [-0.39, 0.29) is 18.1 Å². The van der Waals surface area contributed by atoms with E-state index in [1.807, 2.05) is 0 Å². The first kappa shape index (κ1) is 23.9. The first-order chi connectivity index (χ1) is 15.9. The molecule has 0 spiro atoms. The van der Waals surface area contributed by atoms with Gasteiger partial charge in [0.25, 0.3) is 11.1 Å². The fraction of sp³-hybridized carbons (Fsp3) is 0.217. The smallest absolute Gasteiger partial charge is 0.344 e. The van der Waals surface area contributed by atoms with Crippen LogP contribution in [0.15, 0.2) is 53.4 Å². The highest BCUT2D eigenvalue weighted by atomic mass is 32.2. The first-order valence-electron chi connectivity index (χ1n) is 9.98.